The zero-order valence-corrected chi connectivity index (χ0v) is 17.8. The Morgan fingerprint density at radius 2 is 1.55 bits per heavy atom. The van der Waals surface area contributed by atoms with E-state index in [-0.39, 0.29) is 18.0 Å². The second-order valence-corrected chi connectivity index (χ2v) is 8.70. The number of piperidine rings is 1. The number of pyridine rings is 1. The summed E-state index contributed by atoms with van der Waals surface area (Å²) >= 11 is 0. The van der Waals surface area contributed by atoms with Gasteiger partial charge >= 0.3 is 0 Å². The number of benzene rings is 2. The Kier molecular flexibility index (Phi) is 5.81. The van der Waals surface area contributed by atoms with E-state index in [1.54, 1.807) is 6.20 Å². The van der Waals surface area contributed by atoms with Gasteiger partial charge in [-0.3, -0.25) is 14.7 Å². The summed E-state index contributed by atoms with van der Waals surface area (Å²) < 4.78 is 0. The minimum Gasteiger partial charge on any atom is -0.335 e. The fourth-order valence-corrected chi connectivity index (χ4v) is 5.11. The van der Waals surface area contributed by atoms with Gasteiger partial charge in [0, 0.05) is 32.0 Å². The van der Waals surface area contributed by atoms with Crippen molar-refractivity contribution < 1.29 is 4.79 Å². The van der Waals surface area contributed by atoms with Crippen molar-refractivity contribution >= 4 is 5.91 Å². The van der Waals surface area contributed by atoms with Gasteiger partial charge in [0.1, 0.15) is 0 Å². The maximum Gasteiger partial charge on any atom is 0.228 e. The molecule has 0 spiro atoms. The molecule has 2 aliphatic heterocycles. The molecular formula is C27H29N3O. The van der Waals surface area contributed by atoms with E-state index < -0.39 is 0 Å². The first-order chi connectivity index (χ1) is 15.3. The van der Waals surface area contributed by atoms with Crippen LogP contribution in [-0.4, -0.2) is 40.3 Å². The molecule has 158 valence electrons. The molecule has 2 aromatic carbocycles. The van der Waals surface area contributed by atoms with Crippen LogP contribution in [0.25, 0.3) is 0 Å². The van der Waals surface area contributed by atoms with E-state index in [0.717, 1.165) is 38.0 Å². The minimum atomic E-state index is 0.0761. The Hall–Kier alpha value is -2.98. The lowest BCUT2D eigenvalue weighted by Gasteiger charge is -2.47. The highest BCUT2D eigenvalue weighted by Crippen LogP contribution is 2.37. The Bertz CT molecular complexity index is 947. The monoisotopic (exact) mass is 411 g/mol. The summed E-state index contributed by atoms with van der Waals surface area (Å²) in [5, 5.41) is 0. The lowest BCUT2D eigenvalue weighted by atomic mass is 9.88. The summed E-state index contributed by atoms with van der Waals surface area (Å²) in [5.74, 6) is 0.386. The molecule has 0 bridgehead atoms. The predicted molar refractivity (Wildman–Crippen MR) is 122 cm³/mol. The molecule has 0 unspecified atom stereocenters. The molecule has 0 N–H and O–H groups in total. The first kappa shape index (κ1) is 20.0. The van der Waals surface area contributed by atoms with Gasteiger partial charge in [0.25, 0.3) is 0 Å². The van der Waals surface area contributed by atoms with Crippen LogP contribution < -0.4 is 0 Å². The van der Waals surface area contributed by atoms with Crippen molar-refractivity contribution in [3.05, 3.63) is 102 Å². The van der Waals surface area contributed by atoms with Gasteiger partial charge in [-0.15, -0.1) is 0 Å². The van der Waals surface area contributed by atoms with Crippen LogP contribution in [0, 0.1) is 5.92 Å². The maximum absolute atomic E-state index is 13.5. The van der Waals surface area contributed by atoms with E-state index in [0.29, 0.717) is 5.91 Å². The number of nitrogens with zero attached hydrogens (tertiary/aromatic N) is 3. The summed E-state index contributed by atoms with van der Waals surface area (Å²) in [4.78, 5) is 22.3. The van der Waals surface area contributed by atoms with Crippen molar-refractivity contribution in [3.63, 3.8) is 0 Å². The van der Waals surface area contributed by atoms with Crippen LogP contribution in [0.2, 0.25) is 0 Å². The molecule has 0 radical (unpaired) electrons. The van der Waals surface area contributed by atoms with E-state index in [9.17, 15) is 4.79 Å². The van der Waals surface area contributed by atoms with Crippen LogP contribution in [0.5, 0.6) is 0 Å². The number of amides is 1. The normalized spacial score (nSPS) is 19.9. The Morgan fingerprint density at radius 1 is 0.871 bits per heavy atom. The molecule has 5 rings (SSSR count). The van der Waals surface area contributed by atoms with Crippen LogP contribution in [0.3, 0.4) is 0 Å². The summed E-state index contributed by atoms with van der Waals surface area (Å²) in [6.07, 6.45) is 7.02. The molecule has 1 atom stereocenters. The van der Waals surface area contributed by atoms with Gasteiger partial charge in [0.05, 0.1) is 18.0 Å². The number of carbonyl (C=O) groups is 1. The van der Waals surface area contributed by atoms with Gasteiger partial charge in [-0.05, 0) is 42.0 Å². The highest BCUT2D eigenvalue weighted by atomic mass is 16.2. The summed E-state index contributed by atoms with van der Waals surface area (Å²) in [5.41, 5.74) is 3.73. The van der Waals surface area contributed by atoms with Gasteiger partial charge in [-0.2, -0.15) is 0 Å². The lowest BCUT2D eigenvalue weighted by Crippen LogP contribution is -2.56. The topological polar surface area (TPSA) is 36.4 Å². The molecule has 3 aromatic rings. The molecule has 1 amide bonds. The fraction of sp³-hybridized carbons (Fsp3) is 0.333. The molecule has 4 nitrogen and oxygen atoms in total. The largest absolute Gasteiger partial charge is 0.335 e. The quantitative estimate of drug-likeness (QED) is 0.602. The highest BCUT2D eigenvalue weighted by Gasteiger charge is 2.41. The molecular weight excluding hydrogens is 382 g/mol. The van der Waals surface area contributed by atoms with E-state index in [1.165, 1.54) is 17.5 Å². The smallest absolute Gasteiger partial charge is 0.228 e. The second-order valence-electron chi connectivity index (χ2n) is 8.70. The van der Waals surface area contributed by atoms with Crippen LogP contribution in [-0.2, 0) is 4.79 Å². The third-order valence-electron chi connectivity index (χ3n) is 6.71. The zero-order chi connectivity index (χ0) is 21.0. The minimum absolute atomic E-state index is 0.0761. The zero-order valence-electron chi connectivity index (χ0n) is 17.8. The first-order valence-electron chi connectivity index (χ1n) is 11.4. The summed E-state index contributed by atoms with van der Waals surface area (Å²) in [6.45, 7) is 2.47. The maximum atomic E-state index is 13.5. The van der Waals surface area contributed by atoms with Crippen molar-refractivity contribution in [2.24, 2.45) is 5.92 Å². The summed E-state index contributed by atoms with van der Waals surface area (Å²) in [6, 6.07) is 25.7. The van der Waals surface area contributed by atoms with Gasteiger partial charge < -0.3 is 4.90 Å². The van der Waals surface area contributed by atoms with Crippen molar-refractivity contribution in [1.82, 2.24) is 14.8 Å². The number of rotatable bonds is 5. The van der Waals surface area contributed by atoms with Gasteiger partial charge in [-0.1, -0.05) is 66.7 Å². The lowest BCUT2D eigenvalue weighted by molar-refractivity contribution is -0.146. The molecule has 1 aromatic heterocycles. The molecule has 2 saturated heterocycles. The Morgan fingerprint density at radius 3 is 2.16 bits per heavy atom. The Labute approximate surface area is 184 Å². The predicted octanol–water partition coefficient (Wildman–Crippen LogP) is 4.86. The van der Waals surface area contributed by atoms with E-state index in [1.807, 2.05) is 12.3 Å². The third-order valence-corrected chi connectivity index (χ3v) is 6.71. The third kappa shape index (κ3) is 4.13. The standard InChI is InChI=1S/C27H29N3O/c31-27(30-17-8-7-15-25(30)23-14-9-16-28-18-23)24-19-29(20-24)26(21-10-3-1-4-11-21)22-12-5-2-6-13-22/h1-6,9-14,16,18,24-26H,7-8,15,17,19-20H2/t25-/m1/s1. The SMILES string of the molecule is O=C(C1CN(C(c2ccccc2)c2ccccc2)C1)N1CCCC[C@@H]1c1cccnc1. The van der Waals surface area contributed by atoms with Gasteiger partial charge in [0.2, 0.25) is 5.91 Å². The summed E-state index contributed by atoms with van der Waals surface area (Å²) in [7, 11) is 0. The van der Waals surface area contributed by atoms with E-state index in [4.69, 9.17) is 0 Å². The molecule has 2 aliphatic rings. The molecule has 0 saturated carbocycles. The second kappa shape index (κ2) is 9.03. The molecule has 3 heterocycles. The van der Waals surface area contributed by atoms with Crippen LogP contribution in [0.1, 0.15) is 48.0 Å². The van der Waals surface area contributed by atoms with E-state index in [2.05, 4.69) is 81.5 Å². The number of likely N-dealkylation sites (tertiary alicyclic amines) is 2. The molecule has 0 aliphatic carbocycles. The Balaban J connectivity index is 1.32. The number of carbonyl (C=O) groups excluding carboxylic acids is 1. The number of aromatic nitrogens is 1. The van der Waals surface area contributed by atoms with Gasteiger partial charge in [0.15, 0.2) is 0 Å². The molecule has 4 heteroatoms. The van der Waals surface area contributed by atoms with Crippen molar-refractivity contribution in [3.8, 4) is 0 Å². The van der Waals surface area contributed by atoms with Crippen LogP contribution in [0.4, 0.5) is 0 Å². The van der Waals surface area contributed by atoms with Crippen molar-refractivity contribution in [2.75, 3.05) is 19.6 Å². The molecule has 2 fully saturated rings. The number of hydrogen-bond donors (Lipinski definition) is 0. The average Bonchev–Trinajstić information content (AvgIpc) is 2.82. The van der Waals surface area contributed by atoms with Crippen LogP contribution in [0.15, 0.2) is 85.2 Å². The first-order valence-corrected chi connectivity index (χ1v) is 11.4. The number of hydrogen-bond acceptors (Lipinski definition) is 3. The molecule has 31 heavy (non-hydrogen) atoms. The highest BCUT2D eigenvalue weighted by molar-refractivity contribution is 5.81. The van der Waals surface area contributed by atoms with Crippen molar-refractivity contribution in [2.45, 2.75) is 31.3 Å². The van der Waals surface area contributed by atoms with Gasteiger partial charge in [-0.25, -0.2) is 0 Å². The fourth-order valence-electron chi connectivity index (χ4n) is 5.11. The van der Waals surface area contributed by atoms with Crippen molar-refractivity contribution in [1.29, 1.82) is 0 Å². The van der Waals surface area contributed by atoms with Crippen LogP contribution >= 0.6 is 0 Å². The van der Waals surface area contributed by atoms with E-state index >= 15 is 0 Å². The average molecular weight is 412 g/mol.